The van der Waals surface area contributed by atoms with Gasteiger partial charge in [-0.1, -0.05) is 42.5 Å². The maximum absolute atomic E-state index is 12.1. The second kappa shape index (κ2) is 4.05. The summed E-state index contributed by atoms with van der Waals surface area (Å²) in [5.41, 5.74) is 3.19. The third-order valence-corrected chi connectivity index (χ3v) is 4.41. The van der Waals surface area contributed by atoms with Crippen LogP contribution in [-0.2, 0) is 0 Å². The molecule has 0 atom stereocenters. The highest BCUT2D eigenvalue weighted by Gasteiger charge is 2.15. The monoisotopic (exact) mass is 272 g/mol. The number of benzene rings is 4. The average molecular weight is 272 g/mol. The smallest absolute Gasteiger partial charge is 0.160 e. The predicted molar refractivity (Wildman–Crippen MR) is 89.6 cm³/mol. The summed E-state index contributed by atoms with van der Waals surface area (Å²) in [6.07, 6.45) is 0. The van der Waals surface area contributed by atoms with Crippen molar-refractivity contribution in [2.75, 3.05) is 0 Å². The lowest BCUT2D eigenvalue weighted by atomic mass is 9.88. The summed E-state index contributed by atoms with van der Waals surface area (Å²) in [4.78, 5) is 12.1. The Bertz CT molecular complexity index is 1010. The van der Waals surface area contributed by atoms with E-state index in [1.165, 1.54) is 32.5 Å². The Morgan fingerprint density at radius 1 is 0.810 bits per heavy atom. The van der Waals surface area contributed by atoms with Crippen LogP contribution in [-0.4, -0.2) is 5.78 Å². The number of carbonyl (C=O) groups excluding carboxylic acids is 1. The van der Waals surface area contributed by atoms with E-state index in [1.54, 1.807) is 6.92 Å². The number of hydrogen-bond donors (Lipinski definition) is 0. The molecule has 1 nitrogen and oxygen atoms in total. The van der Waals surface area contributed by atoms with Crippen molar-refractivity contribution in [3.05, 3.63) is 59.2 Å². The zero-order chi connectivity index (χ0) is 14.7. The molecule has 0 fully saturated rings. The summed E-state index contributed by atoms with van der Waals surface area (Å²) in [5.74, 6) is 0.140. The van der Waals surface area contributed by atoms with Crippen LogP contribution in [0.2, 0.25) is 0 Å². The number of ketones is 1. The van der Waals surface area contributed by atoms with E-state index in [0.717, 1.165) is 16.5 Å². The minimum atomic E-state index is 0.140. The molecule has 0 amide bonds. The Morgan fingerprint density at radius 2 is 1.38 bits per heavy atom. The van der Waals surface area contributed by atoms with Crippen LogP contribution in [0.4, 0.5) is 0 Å². The number of rotatable bonds is 1. The minimum Gasteiger partial charge on any atom is -0.294 e. The van der Waals surface area contributed by atoms with Crippen molar-refractivity contribution in [3.8, 4) is 0 Å². The molecule has 0 unspecified atom stereocenters. The van der Waals surface area contributed by atoms with E-state index in [-0.39, 0.29) is 5.78 Å². The maximum Gasteiger partial charge on any atom is 0.160 e. The molecular formula is C20H16O. The molecule has 0 saturated carbocycles. The lowest BCUT2D eigenvalue weighted by molar-refractivity contribution is 0.101. The van der Waals surface area contributed by atoms with Gasteiger partial charge in [0.1, 0.15) is 0 Å². The van der Waals surface area contributed by atoms with Gasteiger partial charge in [0.05, 0.1) is 0 Å². The van der Waals surface area contributed by atoms with E-state index in [9.17, 15) is 4.79 Å². The fraction of sp³-hybridized carbons (Fsp3) is 0.150. The van der Waals surface area contributed by atoms with E-state index in [2.05, 4.69) is 49.4 Å². The topological polar surface area (TPSA) is 17.1 Å². The Balaban J connectivity index is 2.37. The van der Waals surface area contributed by atoms with E-state index >= 15 is 0 Å². The van der Waals surface area contributed by atoms with Crippen molar-refractivity contribution in [2.24, 2.45) is 0 Å². The summed E-state index contributed by atoms with van der Waals surface area (Å²) in [6, 6.07) is 15.2. The third-order valence-electron chi connectivity index (χ3n) is 4.41. The molecule has 0 aliphatic heterocycles. The van der Waals surface area contributed by atoms with Gasteiger partial charge in [-0.3, -0.25) is 4.79 Å². The molecule has 0 saturated heterocycles. The van der Waals surface area contributed by atoms with Crippen molar-refractivity contribution in [2.45, 2.75) is 20.8 Å². The van der Waals surface area contributed by atoms with Gasteiger partial charge in [0.25, 0.3) is 0 Å². The molecule has 21 heavy (non-hydrogen) atoms. The molecule has 1 heteroatoms. The van der Waals surface area contributed by atoms with Crippen LogP contribution in [0.15, 0.2) is 42.5 Å². The molecule has 0 aliphatic carbocycles. The molecule has 4 aromatic rings. The summed E-state index contributed by atoms with van der Waals surface area (Å²) in [7, 11) is 0. The van der Waals surface area contributed by atoms with Gasteiger partial charge in [0, 0.05) is 5.56 Å². The SMILES string of the molecule is CC(=O)c1c(C)cc2ccc3cc(C)cc4ccc1c2c34. The zero-order valence-corrected chi connectivity index (χ0v) is 12.4. The van der Waals surface area contributed by atoms with Gasteiger partial charge in [0.2, 0.25) is 0 Å². The molecule has 0 heterocycles. The van der Waals surface area contributed by atoms with Crippen molar-refractivity contribution < 1.29 is 4.79 Å². The Hall–Kier alpha value is -2.41. The number of aryl methyl sites for hydroxylation is 2. The Labute approximate surface area is 123 Å². The largest absolute Gasteiger partial charge is 0.294 e. The summed E-state index contributed by atoms with van der Waals surface area (Å²) >= 11 is 0. The summed E-state index contributed by atoms with van der Waals surface area (Å²) in [5, 5.41) is 7.30. The van der Waals surface area contributed by atoms with Crippen LogP contribution in [0.3, 0.4) is 0 Å². The van der Waals surface area contributed by atoms with Gasteiger partial charge >= 0.3 is 0 Å². The van der Waals surface area contributed by atoms with Crippen molar-refractivity contribution in [1.29, 1.82) is 0 Å². The lowest BCUT2D eigenvalue weighted by Gasteiger charge is -2.15. The van der Waals surface area contributed by atoms with Crippen LogP contribution in [0, 0.1) is 13.8 Å². The Kier molecular flexibility index (Phi) is 2.38. The van der Waals surface area contributed by atoms with E-state index in [4.69, 9.17) is 0 Å². The van der Waals surface area contributed by atoms with Gasteiger partial charge in [-0.15, -0.1) is 0 Å². The zero-order valence-electron chi connectivity index (χ0n) is 12.4. The Morgan fingerprint density at radius 3 is 2.00 bits per heavy atom. The number of Topliss-reactive ketones (excluding diaryl/α,β-unsaturated/α-hetero) is 1. The van der Waals surface area contributed by atoms with Gasteiger partial charge in [-0.2, -0.15) is 0 Å². The highest BCUT2D eigenvalue weighted by Crippen LogP contribution is 2.37. The highest BCUT2D eigenvalue weighted by atomic mass is 16.1. The first-order chi connectivity index (χ1) is 10.1. The molecule has 0 bridgehead atoms. The molecule has 0 spiro atoms. The third kappa shape index (κ3) is 1.61. The highest BCUT2D eigenvalue weighted by molar-refractivity contribution is 6.26. The molecule has 4 aromatic carbocycles. The van der Waals surface area contributed by atoms with E-state index < -0.39 is 0 Å². The summed E-state index contributed by atoms with van der Waals surface area (Å²) in [6.45, 7) is 5.80. The van der Waals surface area contributed by atoms with E-state index in [0.29, 0.717) is 0 Å². The number of carbonyl (C=O) groups is 1. The number of hydrogen-bond acceptors (Lipinski definition) is 1. The maximum atomic E-state index is 12.1. The molecule has 102 valence electrons. The van der Waals surface area contributed by atoms with Gasteiger partial charge in [-0.25, -0.2) is 0 Å². The van der Waals surface area contributed by atoms with Gasteiger partial charge < -0.3 is 0 Å². The fourth-order valence-corrected chi connectivity index (χ4v) is 3.66. The molecule has 0 N–H and O–H groups in total. The molecule has 0 aliphatic rings. The van der Waals surface area contributed by atoms with Crippen LogP contribution >= 0.6 is 0 Å². The second-order valence-electron chi connectivity index (χ2n) is 5.99. The average Bonchev–Trinajstić information content (AvgIpc) is 2.43. The lowest BCUT2D eigenvalue weighted by Crippen LogP contribution is -1.99. The quantitative estimate of drug-likeness (QED) is 0.335. The normalized spacial score (nSPS) is 11.8. The molecule has 0 aromatic heterocycles. The van der Waals surface area contributed by atoms with Crippen LogP contribution < -0.4 is 0 Å². The fourth-order valence-electron chi connectivity index (χ4n) is 3.66. The van der Waals surface area contributed by atoms with Gasteiger partial charge in [-0.05, 0) is 64.2 Å². The standard InChI is InChI=1S/C20H16O/c1-11-8-14-4-5-16-10-12(2)18(13(3)21)17-7-6-15(9-11)19(14)20(16)17/h4-10H,1-3H3. The first-order valence-corrected chi connectivity index (χ1v) is 7.26. The molecule has 0 radical (unpaired) electrons. The summed E-state index contributed by atoms with van der Waals surface area (Å²) < 4.78 is 0. The van der Waals surface area contributed by atoms with Gasteiger partial charge in [0.15, 0.2) is 5.78 Å². The molecule has 4 rings (SSSR count). The van der Waals surface area contributed by atoms with Crippen molar-refractivity contribution in [1.82, 2.24) is 0 Å². The molecular weight excluding hydrogens is 256 g/mol. The minimum absolute atomic E-state index is 0.140. The van der Waals surface area contributed by atoms with Crippen LogP contribution in [0.1, 0.15) is 28.4 Å². The van der Waals surface area contributed by atoms with Crippen LogP contribution in [0.25, 0.3) is 32.3 Å². The first-order valence-electron chi connectivity index (χ1n) is 7.26. The van der Waals surface area contributed by atoms with E-state index in [1.807, 2.05) is 6.92 Å². The second-order valence-corrected chi connectivity index (χ2v) is 5.99. The van der Waals surface area contributed by atoms with Crippen molar-refractivity contribution >= 4 is 38.1 Å². The van der Waals surface area contributed by atoms with Crippen LogP contribution in [0.5, 0.6) is 0 Å². The van der Waals surface area contributed by atoms with Crippen molar-refractivity contribution in [3.63, 3.8) is 0 Å². The first kappa shape index (κ1) is 12.3. The predicted octanol–water partition coefficient (Wildman–Crippen LogP) is 5.40.